The first-order chi connectivity index (χ1) is 66.2. The van der Waals surface area contributed by atoms with Crippen LogP contribution in [0.3, 0.4) is 0 Å². The van der Waals surface area contributed by atoms with E-state index in [4.69, 9.17) is 61.7 Å². The molecule has 0 spiro atoms. The number of benzene rings is 2. The number of methoxy groups -OCH3 is 2. The number of nitrogens with zero attached hydrogens (tertiary/aromatic N) is 5. The fourth-order valence-corrected chi connectivity index (χ4v) is 19.1. The molecule has 4 bridgehead atoms. The number of hydrogen-bond donors (Lipinski definition) is 6. The van der Waals surface area contributed by atoms with Gasteiger partial charge in [-0.25, -0.2) is 9.59 Å². The predicted octanol–water partition coefficient (Wildman–Crippen LogP) is 9.94. The van der Waals surface area contributed by atoms with Crippen LogP contribution in [-0.2, 0) is 90.7 Å². The lowest BCUT2D eigenvalue weighted by Crippen LogP contribution is -2.49. The summed E-state index contributed by atoms with van der Waals surface area (Å²) in [5.41, 5.74) is 1.12. The van der Waals surface area contributed by atoms with Crippen LogP contribution in [-0.4, -0.2) is 312 Å². The summed E-state index contributed by atoms with van der Waals surface area (Å²) < 4.78 is 70.6. The van der Waals surface area contributed by atoms with Gasteiger partial charge in [-0.2, -0.15) is 0 Å². The van der Waals surface area contributed by atoms with Gasteiger partial charge in [0, 0.05) is 179 Å². The Hall–Kier alpha value is -9.45. The van der Waals surface area contributed by atoms with Crippen LogP contribution in [0.2, 0.25) is 0 Å². The average Bonchev–Trinajstić information content (AvgIpc) is 1.60. The van der Waals surface area contributed by atoms with Gasteiger partial charge in [-0.15, -0.1) is 0 Å². The number of unbranched alkanes of at least 4 members (excludes halogenated alkanes) is 3. The Morgan fingerprint density at radius 2 is 1.10 bits per heavy atom. The molecule has 6 aliphatic rings. The quantitative estimate of drug-likeness (QED) is 0.0206. The van der Waals surface area contributed by atoms with Crippen molar-refractivity contribution in [3.63, 3.8) is 0 Å². The van der Waals surface area contributed by atoms with E-state index in [1.807, 2.05) is 0 Å². The van der Waals surface area contributed by atoms with Crippen molar-refractivity contribution in [2.75, 3.05) is 195 Å². The largest absolute Gasteiger partial charge is 0.490 e. The molecule has 7 atom stereocenters. The number of anilines is 2. The maximum atomic E-state index is 15.4. The molecular weight excluding hydrogens is 1820 g/mol. The van der Waals surface area contributed by atoms with Crippen molar-refractivity contribution in [1.29, 1.82) is 0 Å². The number of hydrogen-bond acceptors (Lipinski definition) is 30. The second kappa shape index (κ2) is 62.6. The second-order valence-electron chi connectivity index (χ2n) is 36.0. The van der Waals surface area contributed by atoms with Crippen LogP contribution in [0.15, 0.2) is 29.4 Å². The molecule has 10 amide bonds. The molecule has 6 heterocycles. The second-order valence-corrected chi connectivity index (χ2v) is 39.1. The molecule has 2 aromatic rings. The van der Waals surface area contributed by atoms with E-state index in [1.54, 1.807) is 97.7 Å². The van der Waals surface area contributed by atoms with Gasteiger partial charge in [0.2, 0.25) is 35.4 Å². The van der Waals surface area contributed by atoms with Crippen molar-refractivity contribution in [2.45, 2.75) is 250 Å². The summed E-state index contributed by atoms with van der Waals surface area (Å²) in [4.78, 5) is 205. The van der Waals surface area contributed by atoms with Crippen molar-refractivity contribution in [2.24, 2.45) is 22.9 Å². The third kappa shape index (κ3) is 40.0. The van der Waals surface area contributed by atoms with Gasteiger partial charge in [0.15, 0.2) is 23.0 Å². The van der Waals surface area contributed by atoms with Gasteiger partial charge in [-0.05, 0) is 104 Å². The fourth-order valence-electron chi connectivity index (χ4n) is 16.5. The number of cyclic esters (lactones) is 2. The number of fused-ring (bicyclic) bond motifs is 6. The summed E-state index contributed by atoms with van der Waals surface area (Å²) >= 11 is 0. The van der Waals surface area contributed by atoms with Crippen molar-refractivity contribution >= 4 is 121 Å². The number of ketones is 4. The normalized spacial score (nSPS) is 21.7. The summed E-state index contributed by atoms with van der Waals surface area (Å²) in [6, 6.07) is 3.39. The van der Waals surface area contributed by atoms with Crippen molar-refractivity contribution in [3.05, 3.63) is 35.4 Å². The van der Waals surface area contributed by atoms with E-state index < -0.39 is 95.8 Å². The SMILES string of the molecule is CNC(=O)CCC(C)(C)SSCCC(=O)CCCOCCON=C1C[C@H]2C(C)N3C(=O)OCCC(=O)C[C@@H](C)C(=O)NC[C@@H](CCCCCC(=O)CCOCCOC)C(=O)NCCOCCNC(=O)[C@H](CCCCNC(=O)CCOCCOC)NC(=O)[C@H](C)CC(=O)CCOC(=O)N4C[C@@H]5CCCN5C(=O)c5cc6c(cc54)OCCCOc4cc3c(cc4OCCCCCCCCO6)C(=O)N2C1. The number of nitrogens with one attached hydrogen (secondary N) is 6. The number of rotatable bonds is 39. The Bertz CT molecular complexity index is 4260. The van der Waals surface area contributed by atoms with E-state index >= 15 is 9.59 Å². The highest BCUT2D eigenvalue weighted by atomic mass is 33.1. The molecule has 766 valence electrons. The van der Waals surface area contributed by atoms with Gasteiger partial charge in [-0.3, -0.25) is 67.3 Å². The number of amides is 10. The van der Waals surface area contributed by atoms with E-state index in [-0.39, 0.29) is 255 Å². The minimum atomic E-state index is -1.07. The Balaban J connectivity index is 1.01. The Morgan fingerprint density at radius 1 is 0.526 bits per heavy atom. The average molecular weight is 1970 g/mol. The van der Waals surface area contributed by atoms with Crippen LogP contribution in [0, 0.1) is 17.8 Å². The summed E-state index contributed by atoms with van der Waals surface area (Å²) in [5, 5.41) is 21.4. The molecule has 2 saturated heterocycles. The highest BCUT2D eigenvalue weighted by Gasteiger charge is 2.47. The lowest BCUT2D eigenvalue weighted by atomic mass is 9.98. The van der Waals surface area contributed by atoms with Crippen molar-refractivity contribution < 1.29 is 129 Å². The van der Waals surface area contributed by atoms with Crippen LogP contribution in [0.4, 0.5) is 21.0 Å². The number of carbonyl (C=O) groups excluding carboxylic acids is 14. The molecule has 40 heteroatoms. The van der Waals surface area contributed by atoms with E-state index in [1.165, 1.54) is 9.80 Å². The van der Waals surface area contributed by atoms with E-state index in [2.05, 4.69) is 50.9 Å². The molecule has 2 aromatic carbocycles. The Labute approximate surface area is 813 Å². The lowest BCUT2D eigenvalue weighted by molar-refractivity contribution is -0.132. The van der Waals surface area contributed by atoms with E-state index in [0.717, 1.165) is 25.7 Å². The summed E-state index contributed by atoms with van der Waals surface area (Å²) in [5.74, 6) is -4.67. The molecule has 38 nitrogen and oxygen atoms in total. The predicted molar refractivity (Wildman–Crippen MR) is 515 cm³/mol. The molecule has 0 aromatic heterocycles. The number of carbonyl (C=O) groups is 14. The third-order valence-electron chi connectivity index (χ3n) is 24.5. The first kappa shape index (κ1) is 113. The maximum absolute atomic E-state index is 15.4. The first-order valence-electron chi connectivity index (χ1n) is 49.0. The molecule has 6 N–H and O–H groups in total. The van der Waals surface area contributed by atoms with Gasteiger partial charge in [-0.1, -0.05) is 79.1 Å². The van der Waals surface area contributed by atoms with Gasteiger partial charge in [0.05, 0.1) is 145 Å². The van der Waals surface area contributed by atoms with Crippen LogP contribution >= 0.6 is 21.6 Å². The Kier molecular flexibility index (Phi) is 51.5. The number of Topliss-reactive ketones (excluding diaryl/α,β-unsaturated/α-hetero) is 4. The summed E-state index contributed by atoms with van der Waals surface area (Å²) in [6.45, 7) is 12.1. The van der Waals surface area contributed by atoms with Crippen molar-refractivity contribution in [3.8, 4) is 23.0 Å². The third-order valence-corrected chi connectivity index (χ3v) is 27.9. The van der Waals surface area contributed by atoms with E-state index in [0.29, 0.717) is 154 Å². The lowest BCUT2D eigenvalue weighted by Gasteiger charge is -2.32. The van der Waals surface area contributed by atoms with Crippen LogP contribution in [0.1, 0.15) is 242 Å². The van der Waals surface area contributed by atoms with Gasteiger partial charge < -0.3 is 103 Å². The minimum absolute atomic E-state index is 0.00125. The van der Waals surface area contributed by atoms with Gasteiger partial charge in [0.1, 0.15) is 49.0 Å². The highest BCUT2D eigenvalue weighted by molar-refractivity contribution is 8.77. The fraction of sp³-hybridized carbons (Fsp3) is 0.722. The minimum Gasteiger partial charge on any atom is -0.490 e. The standard InChI is InChI=1S/C97H149N11O27S2/c1-67-57-75(111)31-47-134-96(122)108-69(3)80-59-71(104-135-55-54-125-39-21-26-74(110)33-56-136-137-97(4,5)34-28-87(113)98-6)65-106(80)94(120)78-61-84-86(63-82(78)108)132-43-22-42-131-85-62-81-77(60-83(85)129-40-18-11-9-10-12-19-41-130-84)93(119)105-38-20-24-72(105)66-107(81)95(121)133-46-30-76(112)58-68(2)90(116)103-79(27-16-17-35-99-88(114)32-45-127-53-51-124-8)92(118)101-37-49-128-48-36-100-91(117)70(64-102-89(67)115)23-14-13-15-25-73(109)29-44-126-52-50-123-7/h60-63,67-70,72,79-80H,9-59,64-66H2,1-8H3,(H,98,113)(H,99,114)(H,100,117)(H,101,118)(H,102,115)(H,103,116)/t67-,68-,69?,70-,72+,79+,80+/m1/s1. The molecule has 0 radical (unpaired) electrons. The molecule has 0 saturated carbocycles. The number of ether oxygens (including phenoxy) is 12. The number of oxime groups is 1. The van der Waals surface area contributed by atoms with Gasteiger partial charge >= 0.3 is 12.2 Å². The van der Waals surface area contributed by atoms with Crippen LogP contribution < -0.4 is 60.6 Å². The monoisotopic (exact) mass is 1960 g/mol. The molecular formula is C97H149N11O27S2. The summed E-state index contributed by atoms with van der Waals surface area (Å²) in [6.07, 6.45) is 9.71. The molecule has 0 aliphatic carbocycles. The zero-order valence-corrected chi connectivity index (χ0v) is 83.2. The Morgan fingerprint density at radius 3 is 1.77 bits per heavy atom. The maximum Gasteiger partial charge on any atom is 0.414 e. The molecule has 137 heavy (non-hydrogen) atoms. The zero-order valence-electron chi connectivity index (χ0n) is 81.6. The van der Waals surface area contributed by atoms with Crippen molar-refractivity contribution in [1.82, 2.24) is 41.7 Å². The smallest absolute Gasteiger partial charge is 0.414 e. The molecule has 8 rings (SSSR count). The summed E-state index contributed by atoms with van der Waals surface area (Å²) in [7, 11) is 8.04. The highest BCUT2D eigenvalue weighted by Crippen LogP contribution is 2.45. The first-order valence-corrected chi connectivity index (χ1v) is 51.4. The topological polar surface area (TPSA) is 456 Å². The van der Waals surface area contributed by atoms with Crippen LogP contribution in [0.25, 0.3) is 0 Å². The van der Waals surface area contributed by atoms with Gasteiger partial charge in [0.25, 0.3) is 11.8 Å². The molecule has 2 fully saturated rings. The molecule has 1 unspecified atom stereocenters. The zero-order chi connectivity index (χ0) is 98.7. The van der Waals surface area contributed by atoms with E-state index in [9.17, 15) is 57.5 Å². The molecule has 6 aliphatic heterocycles. The van der Waals surface area contributed by atoms with Crippen LogP contribution in [0.5, 0.6) is 23.0 Å².